The topological polar surface area (TPSA) is 69.5 Å². The van der Waals surface area contributed by atoms with Gasteiger partial charge >= 0.3 is 0 Å². The fourth-order valence-corrected chi connectivity index (χ4v) is 4.24. The SMILES string of the molecule is O=C(c1nc(C2CC2)n(-c2ccccc2Cl)n1)N1CCOC2(CCOCC2)C1. The van der Waals surface area contributed by atoms with Crippen molar-refractivity contribution in [2.75, 3.05) is 32.9 Å². The Hall–Kier alpha value is -1.96. The molecule has 148 valence electrons. The molecule has 28 heavy (non-hydrogen) atoms. The predicted molar refractivity (Wildman–Crippen MR) is 103 cm³/mol. The number of amides is 1. The van der Waals surface area contributed by atoms with E-state index < -0.39 is 0 Å². The number of hydrogen-bond acceptors (Lipinski definition) is 5. The molecule has 7 nitrogen and oxygen atoms in total. The monoisotopic (exact) mass is 402 g/mol. The van der Waals surface area contributed by atoms with Crippen LogP contribution in [0.1, 0.15) is 48.0 Å². The molecule has 3 fully saturated rings. The minimum atomic E-state index is -0.295. The molecule has 1 saturated carbocycles. The highest BCUT2D eigenvalue weighted by Crippen LogP contribution is 2.40. The van der Waals surface area contributed by atoms with Crippen LogP contribution in [0.3, 0.4) is 0 Å². The van der Waals surface area contributed by atoms with Crippen LogP contribution in [0.4, 0.5) is 0 Å². The maximum atomic E-state index is 13.2. The Bertz CT molecular complexity index is 884. The number of aromatic nitrogens is 3. The van der Waals surface area contributed by atoms with Crippen molar-refractivity contribution in [3.63, 3.8) is 0 Å². The summed E-state index contributed by atoms with van der Waals surface area (Å²) in [7, 11) is 0. The molecule has 8 heteroatoms. The van der Waals surface area contributed by atoms with Gasteiger partial charge in [-0.3, -0.25) is 4.79 Å². The van der Waals surface area contributed by atoms with Crippen LogP contribution < -0.4 is 0 Å². The second-order valence-corrected chi connectivity index (χ2v) is 8.21. The molecule has 0 unspecified atom stereocenters. The lowest BCUT2D eigenvalue weighted by atomic mass is 9.92. The Morgan fingerprint density at radius 1 is 1.18 bits per heavy atom. The Morgan fingerprint density at radius 3 is 2.71 bits per heavy atom. The predicted octanol–water partition coefficient (Wildman–Crippen LogP) is 2.82. The van der Waals surface area contributed by atoms with E-state index in [0.29, 0.717) is 43.9 Å². The van der Waals surface area contributed by atoms with Crippen molar-refractivity contribution in [3.05, 3.63) is 40.9 Å². The van der Waals surface area contributed by atoms with Crippen molar-refractivity contribution >= 4 is 17.5 Å². The van der Waals surface area contributed by atoms with Crippen molar-refractivity contribution in [1.29, 1.82) is 0 Å². The van der Waals surface area contributed by atoms with E-state index in [0.717, 1.165) is 37.2 Å². The highest BCUT2D eigenvalue weighted by Gasteiger charge is 2.41. The number of halogens is 1. The van der Waals surface area contributed by atoms with Crippen LogP contribution in [-0.4, -0.2) is 64.1 Å². The van der Waals surface area contributed by atoms with Gasteiger partial charge in [0.15, 0.2) is 0 Å². The minimum Gasteiger partial charge on any atom is -0.381 e. The zero-order chi connectivity index (χ0) is 19.1. The molecular weight excluding hydrogens is 380 g/mol. The molecule has 5 rings (SSSR count). The summed E-state index contributed by atoms with van der Waals surface area (Å²) in [6, 6.07) is 7.53. The van der Waals surface area contributed by atoms with Crippen molar-refractivity contribution < 1.29 is 14.3 Å². The zero-order valence-electron chi connectivity index (χ0n) is 15.6. The van der Waals surface area contributed by atoms with Crippen molar-refractivity contribution in [1.82, 2.24) is 19.7 Å². The number of ether oxygens (including phenoxy) is 2. The molecule has 1 aromatic carbocycles. The molecule has 2 saturated heterocycles. The molecule has 1 spiro atoms. The van der Waals surface area contributed by atoms with Gasteiger partial charge in [0.2, 0.25) is 5.82 Å². The van der Waals surface area contributed by atoms with Crippen LogP contribution in [0.25, 0.3) is 5.69 Å². The Balaban J connectivity index is 1.44. The largest absolute Gasteiger partial charge is 0.381 e. The van der Waals surface area contributed by atoms with E-state index in [2.05, 4.69) is 10.1 Å². The Morgan fingerprint density at radius 2 is 1.96 bits per heavy atom. The van der Waals surface area contributed by atoms with Gasteiger partial charge in [-0.1, -0.05) is 23.7 Å². The average Bonchev–Trinajstić information content (AvgIpc) is 3.47. The molecule has 0 bridgehead atoms. The first-order chi connectivity index (χ1) is 13.7. The summed E-state index contributed by atoms with van der Waals surface area (Å²) in [5, 5.41) is 5.17. The number of carbonyl (C=O) groups is 1. The van der Waals surface area contributed by atoms with Gasteiger partial charge in [0, 0.05) is 38.5 Å². The van der Waals surface area contributed by atoms with Gasteiger partial charge < -0.3 is 14.4 Å². The molecule has 0 atom stereocenters. The maximum Gasteiger partial charge on any atom is 0.293 e. The molecule has 1 aliphatic carbocycles. The van der Waals surface area contributed by atoms with Crippen molar-refractivity contribution in [2.45, 2.75) is 37.2 Å². The molecule has 0 radical (unpaired) electrons. The molecule has 1 amide bonds. The van der Waals surface area contributed by atoms with Gasteiger partial charge in [-0.25, -0.2) is 9.67 Å². The summed E-state index contributed by atoms with van der Waals surface area (Å²) in [6.45, 7) is 3.00. The third kappa shape index (κ3) is 3.32. The second kappa shape index (κ2) is 7.13. The number of morpholine rings is 1. The summed E-state index contributed by atoms with van der Waals surface area (Å²) < 4.78 is 13.3. The van der Waals surface area contributed by atoms with E-state index in [1.54, 1.807) is 4.68 Å². The van der Waals surface area contributed by atoms with E-state index in [-0.39, 0.29) is 17.3 Å². The van der Waals surface area contributed by atoms with Gasteiger partial charge in [-0.05, 0) is 25.0 Å². The van der Waals surface area contributed by atoms with Crippen LogP contribution in [0.5, 0.6) is 0 Å². The number of carbonyl (C=O) groups excluding carboxylic acids is 1. The van der Waals surface area contributed by atoms with Gasteiger partial charge in [0.1, 0.15) is 5.82 Å². The van der Waals surface area contributed by atoms with E-state index >= 15 is 0 Å². The highest BCUT2D eigenvalue weighted by molar-refractivity contribution is 6.32. The van der Waals surface area contributed by atoms with E-state index in [4.69, 9.17) is 21.1 Å². The van der Waals surface area contributed by atoms with Crippen LogP contribution in [0.15, 0.2) is 24.3 Å². The van der Waals surface area contributed by atoms with Crippen molar-refractivity contribution in [3.8, 4) is 5.69 Å². The molecule has 0 N–H and O–H groups in total. The van der Waals surface area contributed by atoms with E-state index in [1.807, 2.05) is 29.2 Å². The summed E-state index contributed by atoms with van der Waals surface area (Å²) in [4.78, 5) is 19.7. The third-order valence-corrected chi connectivity index (χ3v) is 6.11. The molecule has 1 aromatic heterocycles. The summed E-state index contributed by atoms with van der Waals surface area (Å²) in [6.07, 6.45) is 3.76. The first kappa shape index (κ1) is 18.1. The fourth-order valence-electron chi connectivity index (χ4n) is 4.03. The zero-order valence-corrected chi connectivity index (χ0v) is 16.4. The Labute approximate surface area is 168 Å². The molecule has 2 aromatic rings. The number of hydrogen-bond donors (Lipinski definition) is 0. The number of nitrogens with zero attached hydrogens (tertiary/aromatic N) is 4. The average molecular weight is 403 g/mol. The fraction of sp³-hybridized carbons (Fsp3) is 0.550. The maximum absolute atomic E-state index is 13.2. The van der Waals surface area contributed by atoms with Gasteiger partial charge in [-0.15, -0.1) is 5.10 Å². The van der Waals surface area contributed by atoms with Crippen LogP contribution in [0, 0.1) is 0 Å². The first-order valence-corrected chi connectivity index (χ1v) is 10.3. The third-order valence-electron chi connectivity index (χ3n) is 5.79. The first-order valence-electron chi connectivity index (χ1n) is 9.88. The summed E-state index contributed by atoms with van der Waals surface area (Å²) in [5.74, 6) is 1.27. The quantitative estimate of drug-likeness (QED) is 0.789. The minimum absolute atomic E-state index is 0.137. The molecular formula is C20H23ClN4O3. The molecule has 2 aliphatic heterocycles. The summed E-state index contributed by atoms with van der Waals surface area (Å²) >= 11 is 6.38. The van der Waals surface area contributed by atoms with Crippen LogP contribution >= 0.6 is 11.6 Å². The standard InChI is InChI=1S/C20H23ClN4O3/c21-15-3-1-2-4-16(15)25-18(14-5-6-14)22-17(23-25)19(26)24-9-12-28-20(13-24)7-10-27-11-8-20/h1-4,14H,5-13H2. The van der Waals surface area contributed by atoms with Gasteiger partial charge in [-0.2, -0.15) is 0 Å². The Kier molecular flexibility index (Phi) is 4.61. The van der Waals surface area contributed by atoms with Crippen molar-refractivity contribution in [2.24, 2.45) is 0 Å². The lowest BCUT2D eigenvalue weighted by Gasteiger charge is -2.44. The van der Waals surface area contributed by atoms with Gasteiger partial charge in [0.05, 0.1) is 29.5 Å². The van der Waals surface area contributed by atoms with Gasteiger partial charge in [0.25, 0.3) is 5.91 Å². The van der Waals surface area contributed by atoms with Crippen LogP contribution in [-0.2, 0) is 9.47 Å². The number of benzene rings is 1. The van der Waals surface area contributed by atoms with E-state index in [9.17, 15) is 4.79 Å². The van der Waals surface area contributed by atoms with E-state index in [1.165, 1.54) is 0 Å². The normalized spacial score (nSPS) is 21.8. The lowest BCUT2D eigenvalue weighted by molar-refractivity contribution is -0.146. The molecule has 3 aliphatic rings. The van der Waals surface area contributed by atoms with Crippen LogP contribution in [0.2, 0.25) is 5.02 Å². The lowest BCUT2D eigenvalue weighted by Crippen LogP contribution is -2.56. The number of para-hydroxylation sites is 1. The number of rotatable bonds is 3. The smallest absolute Gasteiger partial charge is 0.293 e. The second-order valence-electron chi connectivity index (χ2n) is 7.80. The summed E-state index contributed by atoms with van der Waals surface area (Å²) in [5.41, 5.74) is 0.469. The molecule has 3 heterocycles. The highest BCUT2D eigenvalue weighted by atomic mass is 35.5.